The average Bonchev–Trinajstić information content (AvgIpc) is 2.83. The lowest BCUT2D eigenvalue weighted by Crippen LogP contribution is -2.31. The smallest absolute Gasteiger partial charge is 0.262 e. The standard InChI is InChI=1S/C27H32ClN3O2/c1-5-15-30(16-6-2)26-14-9-21(18-29-26)19-31(23-11-7-20(3)8-12-23)27(32)24-13-10-22(28)17-25(24)33-4/h7-14,17-18H,5-6,15-16,19H2,1-4H3. The van der Waals surface area contributed by atoms with Crippen LogP contribution in [-0.4, -0.2) is 31.1 Å². The molecule has 3 aromatic rings. The van der Waals surface area contributed by atoms with Gasteiger partial charge in [-0.1, -0.05) is 49.2 Å². The molecule has 0 N–H and O–H groups in total. The summed E-state index contributed by atoms with van der Waals surface area (Å²) in [4.78, 5) is 22.4. The summed E-state index contributed by atoms with van der Waals surface area (Å²) in [6.07, 6.45) is 4.01. The third-order valence-corrected chi connectivity index (χ3v) is 5.68. The fraction of sp³-hybridized carbons (Fsp3) is 0.333. The van der Waals surface area contributed by atoms with E-state index in [1.165, 1.54) is 0 Å². The number of aryl methyl sites for hydroxylation is 1. The summed E-state index contributed by atoms with van der Waals surface area (Å²) >= 11 is 6.11. The average molecular weight is 466 g/mol. The molecule has 0 atom stereocenters. The number of ether oxygens (including phenoxy) is 1. The first-order valence-corrected chi connectivity index (χ1v) is 11.8. The van der Waals surface area contributed by atoms with Gasteiger partial charge in [0, 0.05) is 30.0 Å². The molecule has 0 bridgehead atoms. The number of hydrogen-bond donors (Lipinski definition) is 0. The Morgan fingerprint density at radius 1 is 1.00 bits per heavy atom. The molecule has 3 rings (SSSR count). The van der Waals surface area contributed by atoms with Gasteiger partial charge < -0.3 is 14.5 Å². The highest BCUT2D eigenvalue weighted by atomic mass is 35.5. The van der Waals surface area contributed by atoms with E-state index in [9.17, 15) is 4.79 Å². The van der Waals surface area contributed by atoms with Gasteiger partial charge in [0.2, 0.25) is 0 Å². The molecule has 2 aromatic carbocycles. The molecule has 1 heterocycles. The van der Waals surface area contributed by atoms with Crippen LogP contribution >= 0.6 is 11.6 Å². The zero-order chi connectivity index (χ0) is 23.8. The molecule has 0 aliphatic heterocycles. The summed E-state index contributed by atoms with van der Waals surface area (Å²) in [5.74, 6) is 1.26. The Balaban J connectivity index is 1.93. The fourth-order valence-corrected chi connectivity index (χ4v) is 3.91. The number of aromatic nitrogens is 1. The highest BCUT2D eigenvalue weighted by Crippen LogP contribution is 2.28. The highest BCUT2D eigenvalue weighted by Gasteiger charge is 2.22. The number of rotatable bonds is 10. The lowest BCUT2D eigenvalue weighted by molar-refractivity contribution is 0.0982. The van der Waals surface area contributed by atoms with E-state index in [2.05, 4.69) is 18.7 Å². The Morgan fingerprint density at radius 3 is 2.27 bits per heavy atom. The van der Waals surface area contributed by atoms with E-state index in [1.54, 1.807) is 30.2 Å². The fourth-order valence-electron chi connectivity index (χ4n) is 3.75. The Labute approximate surface area is 202 Å². The third-order valence-electron chi connectivity index (χ3n) is 5.45. The number of methoxy groups -OCH3 is 1. The van der Waals surface area contributed by atoms with Crippen LogP contribution in [0.25, 0.3) is 0 Å². The Hall–Kier alpha value is -3.05. The van der Waals surface area contributed by atoms with Crippen molar-refractivity contribution < 1.29 is 9.53 Å². The van der Waals surface area contributed by atoms with Gasteiger partial charge in [0.25, 0.3) is 5.91 Å². The molecule has 0 saturated carbocycles. The van der Waals surface area contributed by atoms with Crippen LogP contribution in [0.4, 0.5) is 11.5 Å². The van der Waals surface area contributed by atoms with E-state index >= 15 is 0 Å². The van der Waals surface area contributed by atoms with Crippen LogP contribution in [0.5, 0.6) is 5.75 Å². The molecule has 0 saturated heterocycles. The zero-order valence-electron chi connectivity index (χ0n) is 19.8. The number of nitrogens with zero attached hydrogens (tertiary/aromatic N) is 3. The van der Waals surface area contributed by atoms with E-state index < -0.39 is 0 Å². The van der Waals surface area contributed by atoms with E-state index in [4.69, 9.17) is 21.3 Å². The monoisotopic (exact) mass is 465 g/mol. The van der Waals surface area contributed by atoms with Crippen LogP contribution < -0.4 is 14.5 Å². The van der Waals surface area contributed by atoms with Crippen molar-refractivity contribution in [1.82, 2.24) is 4.98 Å². The quantitative estimate of drug-likeness (QED) is 0.341. The molecule has 0 radical (unpaired) electrons. The van der Waals surface area contributed by atoms with Gasteiger partial charge in [0.15, 0.2) is 0 Å². The number of halogens is 1. The lowest BCUT2D eigenvalue weighted by atomic mass is 10.1. The summed E-state index contributed by atoms with van der Waals surface area (Å²) in [5.41, 5.74) is 3.36. The van der Waals surface area contributed by atoms with E-state index in [1.807, 2.05) is 49.5 Å². The van der Waals surface area contributed by atoms with Gasteiger partial charge in [-0.2, -0.15) is 0 Å². The van der Waals surface area contributed by atoms with Gasteiger partial charge in [-0.05, 0) is 61.7 Å². The van der Waals surface area contributed by atoms with Crippen molar-refractivity contribution in [3.8, 4) is 5.75 Å². The maximum Gasteiger partial charge on any atom is 0.262 e. The van der Waals surface area contributed by atoms with Crippen LogP contribution in [0, 0.1) is 6.92 Å². The van der Waals surface area contributed by atoms with Crippen LogP contribution in [0.15, 0.2) is 60.8 Å². The topological polar surface area (TPSA) is 45.7 Å². The molecular formula is C27H32ClN3O2. The highest BCUT2D eigenvalue weighted by molar-refractivity contribution is 6.31. The van der Waals surface area contributed by atoms with Gasteiger partial charge in [0.1, 0.15) is 11.6 Å². The van der Waals surface area contributed by atoms with Crippen molar-refractivity contribution in [2.75, 3.05) is 30.0 Å². The summed E-state index contributed by atoms with van der Waals surface area (Å²) in [7, 11) is 1.54. The molecular weight excluding hydrogens is 434 g/mol. The molecule has 6 heteroatoms. The van der Waals surface area contributed by atoms with E-state index in [0.717, 1.165) is 48.6 Å². The second-order valence-corrected chi connectivity index (χ2v) is 8.52. The molecule has 0 fully saturated rings. The second-order valence-electron chi connectivity index (χ2n) is 8.08. The molecule has 33 heavy (non-hydrogen) atoms. The maximum atomic E-state index is 13.6. The van der Waals surface area contributed by atoms with Crippen molar-refractivity contribution in [3.63, 3.8) is 0 Å². The van der Waals surface area contributed by atoms with Crippen molar-refractivity contribution in [3.05, 3.63) is 82.5 Å². The minimum absolute atomic E-state index is 0.157. The first-order chi connectivity index (χ1) is 16.0. The number of pyridine rings is 1. The summed E-state index contributed by atoms with van der Waals surface area (Å²) in [6, 6.07) is 17.1. The molecule has 0 aliphatic rings. The molecule has 0 aliphatic carbocycles. The molecule has 174 valence electrons. The Kier molecular flexibility index (Phi) is 8.72. The Morgan fingerprint density at radius 2 is 1.70 bits per heavy atom. The second kappa shape index (κ2) is 11.7. The number of hydrogen-bond acceptors (Lipinski definition) is 4. The largest absolute Gasteiger partial charge is 0.496 e. The zero-order valence-corrected chi connectivity index (χ0v) is 20.6. The predicted octanol–water partition coefficient (Wildman–Crippen LogP) is 6.53. The first kappa shape index (κ1) is 24.6. The van der Waals surface area contributed by atoms with Gasteiger partial charge in [-0.15, -0.1) is 0 Å². The van der Waals surface area contributed by atoms with Crippen molar-refractivity contribution in [2.24, 2.45) is 0 Å². The number of carbonyl (C=O) groups excluding carboxylic acids is 1. The van der Waals surface area contributed by atoms with Gasteiger partial charge >= 0.3 is 0 Å². The van der Waals surface area contributed by atoms with Gasteiger partial charge in [-0.3, -0.25) is 4.79 Å². The Bertz CT molecular complexity index is 1050. The van der Waals surface area contributed by atoms with Gasteiger partial charge in [0.05, 0.1) is 19.2 Å². The number of benzene rings is 2. The SMILES string of the molecule is CCCN(CCC)c1ccc(CN(C(=O)c2ccc(Cl)cc2OC)c2ccc(C)cc2)cn1. The van der Waals surface area contributed by atoms with Gasteiger partial charge in [-0.25, -0.2) is 4.98 Å². The summed E-state index contributed by atoms with van der Waals surface area (Å²) in [5, 5.41) is 0.522. The number of amides is 1. The molecule has 0 unspecified atom stereocenters. The summed E-state index contributed by atoms with van der Waals surface area (Å²) < 4.78 is 5.44. The molecule has 5 nitrogen and oxygen atoms in total. The third kappa shape index (κ3) is 6.26. The lowest BCUT2D eigenvalue weighted by Gasteiger charge is -2.25. The number of anilines is 2. The maximum absolute atomic E-state index is 13.6. The summed E-state index contributed by atoms with van der Waals surface area (Å²) in [6.45, 7) is 8.72. The predicted molar refractivity (Wildman–Crippen MR) is 137 cm³/mol. The van der Waals surface area contributed by atoms with Crippen LogP contribution in [0.2, 0.25) is 5.02 Å². The molecule has 1 aromatic heterocycles. The molecule has 0 spiro atoms. The van der Waals surface area contributed by atoms with Crippen LogP contribution in [0.3, 0.4) is 0 Å². The van der Waals surface area contributed by atoms with Crippen molar-refractivity contribution >= 4 is 29.0 Å². The van der Waals surface area contributed by atoms with Crippen molar-refractivity contribution in [2.45, 2.75) is 40.2 Å². The van der Waals surface area contributed by atoms with Crippen LogP contribution in [-0.2, 0) is 6.54 Å². The normalized spacial score (nSPS) is 10.7. The molecule has 1 amide bonds. The minimum Gasteiger partial charge on any atom is -0.496 e. The minimum atomic E-state index is -0.157. The van der Waals surface area contributed by atoms with E-state index in [-0.39, 0.29) is 5.91 Å². The van der Waals surface area contributed by atoms with E-state index in [0.29, 0.717) is 22.9 Å². The van der Waals surface area contributed by atoms with Crippen molar-refractivity contribution in [1.29, 1.82) is 0 Å². The van der Waals surface area contributed by atoms with Crippen LogP contribution in [0.1, 0.15) is 48.2 Å². The first-order valence-electron chi connectivity index (χ1n) is 11.4. The number of carbonyl (C=O) groups is 1.